The minimum Gasteiger partial charge on any atom is -0.514 e. The summed E-state index contributed by atoms with van der Waals surface area (Å²) in [6.45, 7) is 5.40. The summed E-state index contributed by atoms with van der Waals surface area (Å²) in [5.41, 5.74) is 3.54. The molecule has 2 fully saturated rings. The van der Waals surface area contributed by atoms with Crippen LogP contribution in [0.1, 0.15) is 61.1 Å². The van der Waals surface area contributed by atoms with Crippen molar-refractivity contribution in [1.29, 1.82) is 0 Å². The molecule has 0 spiro atoms. The highest BCUT2D eigenvalue weighted by Gasteiger charge is 2.33. The van der Waals surface area contributed by atoms with Gasteiger partial charge in [-0.25, -0.2) is 4.98 Å². The third-order valence-corrected chi connectivity index (χ3v) is 6.98. The van der Waals surface area contributed by atoms with E-state index in [1.54, 1.807) is 4.90 Å². The monoisotopic (exact) mass is 462 g/mol. The lowest BCUT2D eigenvalue weighted by molar-refractivity contribution is -0.128. The SMILES string of the molecule is C[C@@H]1CC[C@@H](C)N1c1nc2c(c(Nc3ccc(CC(=O)N4CCC/C4=C\O)cc3)n1)C(=O)NC2. The summed E-state index contributed by atoms with van der Waals surface area (Å²) in [6, 6.07) is 8.26. The van der Waals surface area contributed by atoms with Crippen molar-refractivity contribution in [3.63, 3.8) is 0 Å². The van der Waals surface area contributed by atoms with Crippen LogP contribution in [0.2, 0.25) is 0 Å². The molecule has 2 atom stereocenters. The van der Waals surface area contributed by atoms with Crippen LogP contribution in [0.15, 0.2) is 36.2 Å². The van der Waals surface area contributed by atoms with E-state index in [-0.39, 0.29) is 18.2 Å². The van der Waals surface area contributed by atoms with Crippen LogP contribution in [0.5, 0.6) is 0 Å². The summed E-state index contributed by atoms with van der Waals surface area (Å²) in [5, 5.41) is 15.5. The van der Waals surface area contributed by atoms with Gasteiger partial charge in [-0.05, 0) is 57.2 Å². The Hall–Kier alpha value is -3.62. The summed E-state index contributed by atoms with van der Waals surface area (Å²) in [7, 11) is 0. The van der Waals surface area contributed by atoms with E-state index in [1.807, 2.05) is 24.3 Å². The summed E-state index contributed by atoms with van der Waals surface area (Å²) >= 11 is 0. The van der Waals surface area contributed by atoms with Gasteiger partial charge in [0, 0.05) is 24.3 Å². The number of aliphatic hydroxyl groups is 1. The zero-order valence-corrected chi connectivity index (χ0v) is 19.5. The molecule has 3 aliphatic heterocycles. The zero-order valence-electron chi connectivity index (χ0n) is 19.5. The Morgan fingerprint density at radius 1 is 1.21 bits per heavy atom. The second kappa shape index (κ2) is 8.96. The number of likely N-dealkylation sites (tertiary alicyclic amines) is 1. The molecule has 0 aliphatic carbocycles. The van der Waals surface area contributed by atoms with Gasteiger partial charge >= 0.3 is 0 Å². The number of aromatic nitrogens is 2. The molecular weight excluding hydrogens is 432 g/mol. The van der Waals surface area contributed by atoms with E-state index in [2.05, 4.69) is 29.4 Å². The standard InChI is InChI=1S/C25H30N6O3/c1-15-5-6-16(2)31(15)25-28-20-13-26-24(34)22(20)23(29-25)27-18-9-7-17(8-10-18)12-21(33)30-11-3-4-19(30)14-32/h7-10,14-16,32H,3-6,11-13H2,1-2H3,(H,26,34)(H,27,28,29)/b19-14+/t15-,16-/m1/s1. The Morgan fingerprint density at radius 2 is 1.94 bits per heavy atom. The van der Waals surface area contributed by atoms with Crippen molar-refractivity contribution in [2.45, 2.75) is 64.6 Å². The third-order valence-electron chi connectivity index (χ3n) is 6.98. The van der Waals surface area contributed by atoms with Crippen molar-refractivity contribution in [2.24, 2.45) is 0 Å². The molecule has 2 saturated heterocycles. The summed E-state index contributed by atoms with van der Waals surface area (Å²) in [4.78, 5) is 38.5. The predicted molar refractivity (Wildman–Crippen MR) is 129 cm³/mol. The average molecular weight is 463 g/mol. The lowest BCUT2D eigenvalue weighted by Crippen LogP contribution is -2.34. The van der Waals surface area contributed by atoms with Crippen LogP contribution in [0, 0.1) is 0 Å². The number of rotatable bonds is 5. The van der Waals surface area contributed by atoms with Crippen LogP contribution in [0.4, 0.5) is 17.5 Å². The summed E-state index contributed by atoms with van der Waals surface area (Å²) in [6.07, 6.45) is 5.07. The van der Waals surface area contributed by atoms with Crippen molar-refractivity contribution in [2.75, 3.05) is 16.8 Å². The topological polar surface area (TPSA) is 111 Å². The van der Waals surface area contributed by atoms with E-state index in [1.165, 1.54) is 0 Å². The maximum atomic E-state index is 12.6. The Morgan fingerprint density at radius 3 is 2.65 bits per heavy atom. The van der Waals surface area contributed by atoms with Gasteiger partial charge in [-0.3, -0.25) is 9.59 Å². The molecule has 9 heteroatoms. The fourth-order valence-electron chi connectivity index (χ4n) is 5.14. The number of fused-ring (bicyclic) bond motifs is 1. The Labute approximate surface area is 198 Å². The number of hydrogen-bond acceptors (Lipinski definition) is 7. The molecule has 178 valence electrons. The van der Waals surface area contributed by atoms with E-state index >= 15 is 0 Å². The number of amides is 2. The maximum absolute atomic E-state index is 12.6. The molecule has 1 aromatic carbocycles. The van der Waals surface area contributed by atoms with E-state index < -0.39 is 0 Å². The number of carbonyl (C=O) groups is 2. The van der Waals surface area contributed by atoms with E-state index in [0.717, 1.165) is 43.2 Å². The van der Waals surface area contributed by atoms with Gasteiger partial charge in [-0.2, -0.15) is 4.98 Å². The normalized spacial score (nSPS) is 22.9. The second-order valence-corrected chi connectivity index (χ2v) is 9.33. The Bertz CT molecular complexity index is 1140. The molecule has 2 aromatic rings. The lowest BCUT2D eigenvalue weighted by atomic mass is 10.1. The van der Waals surface area contributed by atoms with Gasteiger partial charge in [0.15, 0.2) is 0 Å². The lowest BCUT2D eigenvalue weighted by Gasteiger charge is -2.27. The molecule has 5 rings (SSSR count). The minimum absolute atomic E-state index is 0.0257. The number of allylic oxidation sites excluding steroid dienone is 1. The molecule has 1 aromatic heterocycles. The number of nitrogens with zero attached hydrogens (tertiary/aromatic N) is 4. The van der Waals surface area contributed by atoms with Crippen LogP contribution >= 0.6 is 0 Å². The third kappa shape index (κ3) is 4.06. The molecule has 0 saturated carbocycles. The van der Waals surface area contributed by atoms with Gasteiger partial charge in [0.05, 0.1) is 30.6 Å². The molecule has 34 heavy (non-hydrogen) atoms. The van der Waals surface area contributed by atoms with Crippen molar-refractivity contribution in [1.82, 2.24) is 20.2 Å². The molecule has 0 bridgehead atoms. The fourth-order valence-corrected chi connectivity index (χ4v) is 5.14. The molecule has 0 radical (unpaired) electrons. The summed E-state index contributed by atoms with van der Waals surface area (Å²) in [5.74, 6) is 0.949. The van der Waals surface area contributed by atoms with Crippen molar-refractivity contribution < 1.29 is 14.7 Å². The first-order chi connectivity index (χ1) is 16.4. The van der Waals surface area contributed by atoms with Gasteiger partial charge < -0.3 is 25.5 Å². The number of benzene rings is 1. The van der Waals surface area contributed by atoms with Crippen LogP contribution in [-0.2, 0) is 17.8 Å². The highest BCUT2D eigenvalue weighted by molar-refractivity contribution is 6.03. The highest BCUT2D eigenvalue weighted by atomic mass is 16.2. The van der Waals surface area contributed by atoms with Gasteiger partial charge in [-0.1, -0.05) is 12.1 Å². The van der Waals surface area contributed by atoms with Gasteiger partial charge in [-0.15, -0.1) is 0 Å². The molecule has 4 heterocycles. The second-order valence-electron chi connectivity index (χ2n) is 9.33. The number of anilines is 3. The molecule has 9 nitrogen and oxygen atoms in total. The largest absolute Gasteiger partial charge is 0.514 e. The Balaban J connectivity index is 1.36. The predicted octanol–water partition coefficient (Wildman–Crippen LogP) is 3.41. The van der Waals surface area contributed by atoms with Gasteiger partial charge in [0.2, 0.25) is 11.9 Å². The van der Waals surface area contributed by atoms with Gasteiger partial charge in [0.1, 0.15) is 11.4 Å². The minimum atomic E-state index is -0.174. The first kappa shape index (κ1) is 22.2. The maximum Gasteiger partial charge on any atom is 0.257 e. The first-order valence-electron chi connectivity index (χ1n) is 11.9. The van der Waals surface area contributed by atoms with E-state index in [9.17, 15) is 14.7 Å². The zero-order chi connectivity index (χ0) is 23.8. The molecule has 3 aliphatic rings. The van der Waals surface area contributed by atoms with Crippen LogP contribution in [0.3, 0.4) is 0 Å². The number of hydrogen-bond donors (Lipinski definition) is 3. The molecule has 0 unspecified atom stereocenters. The number of carbonyl (C=O) groups excluding carboxylic acids is 2. The van der Waals surface area contributed by atoms with Crippen LogP contribution in [-0.4, -0.2) is 50.4 Å². The smallest absolute Gasteiger partial charge is 0.257 e. The van der Waals surface area contributed by atoms with Crippen molar-refractivity contribution in [3.8, 4) is 0 Å². The van der Waals surface area contributed by atoms with Gasteiger partial charge in [0.25, 0.3) is 5.91 Å². The van der Waals surface area contributed by atoms with E-state index in [0.29, 0.717) is 53.9 Å². The highest BCUT2D eigenvalue weighted by Crippen LogP contribution is 2.32. The fraction of sp³-hybridized carbons (Fsp3) is 0.440. The summed E-state index contributed by atoms with van der Waals surface area (Å²) < 4.78 is 0. The first-order valence-corrected chi connectivity index (χ1v) is 11.9. The quantitative estimate of drug-likeness (QED) is 0.584. The molecule has 3 N–H and O–H groups in total. The van der Waals surface area contributed by atoms with Crippen molar-refractivity contribution >= 4 is 29.3 Å². The molecule has 2 amide bonds. The van der Waals surface area contributed by atoms with Crippen molar-refractivity contribution in [3.05, 3.63) is 53.0 Å². The molecular formula is C25H30N6O3. The Kier molecular flexibility index (Phi) is 5.85. The van der Waals surface area contributed by atoms with Crippen LogP contribution in [0.25, 0.3) is 0 Å². The number of aliphatic hydroxyl groups excluding tert-OH is 1. The number of nitrogens with one attached hydrogen (secondary N) is 2. The average Bonchev–Trinajstić information content (AvgIpc) is 3.54. The van der Waals surface area contributed by atoms with Crippen LogP contribution < -0.4 is 15.5 Å². The van der Waals surface area contributed by atoms with E-state index in [4.69, 9.17) is 9.97 Å².